The van der Waals surface area contributed by atoms with Crippen LogP contribution in [0.15, 0.2) is 42.5 Å². The van der Waals surface area contributed by atoms with E-state index < -0.39 is 56.3 Å². The molecule has 0 fully saturated rings. The number of rotatable bonds is 44. The third kappa shape index (κ3) is 29.2. The first-order chi connectivity index (χ1) is 33.3. The van der Waals surface area contributed by atoms with Crippen molar-refractivity contribution >= 4 is 73.8 Å². The highest BCUT2D eigenvalue weighted by molar-refractivity contribution is 8.76. The summed E-state index contributed by atoms with van der Waals surface area (Å²) in [6, 6.07) is 6.88. The molecule has 0 saturated carbocycles. The monoisotopic (exact) mass is 1020 g/mol. The molecule has 0 bridgehead atoms. The molecule has 2 amide bonds. The zero-order valence-corrected chi connectivity index (χ0v) is 39.3. The molecule has 6 N–H and O–H groups in total. The van der Waals surface area contributed by atoms with Crippen molar-refractivity contribution in [1.82, 2.24) is 10.6 Å². The van der Waals surface area contributed by atoms with Crippen LogP contribution in [0.1, 0.15) is 12.8 Å². The molecule has 0 aromatic heterocycles. The number of carboxylic acid groups (broad SMARTS) is 2. The minimum absolute atomic E-state index is 0.00757. The number of nitrogens with zero attached hydrogens (tertiary/aromatic N) is 3. The maximum atomic E-state index is 12.3. The molecule has 2 aromatic carbocycles. The molecule has 0 heterocycles. The maximum Gasteiger partial charge on any atom is 0.327 e. The van der Waals surface area contributed by atoms with E-state index in [1.54, 1.807) is 12.1 Å². The molecule has 0 aliphatic carbocycles. The number of hydrogen-bond donors (Lipinski definition) is 6. The average molecular weight is 1020 g/mol. The maximum absolute atomic E-state index is 12.3. The van der Waals surface area contributed by atoms with Crippen LogP contribution in [0.5, 0.6) is 0 Å². The summed E-state index contributed by atoms with van der Waals surface area (Å²) in [7, 11) is 2.05. The summed E-state index contributed by atoms with van der Waals surface area (Å²) < 4.78 is 43.2. The number of anilines is 2. The van der Waals surface area contributed by atoms with Crippen LogP contribution in [0.3, 0.4) is 0 Å². The van der Waals surface area contributed by atoms with E-state index in [4.69, 9.17) is 37.9 Å². The molecule has 29 heteroatoms. The van der Waals surface area contributed by atoms with Gasteiger partial charge in [0.15, 0.2) is 0 Å². The Kier molecular flexibility index (Phi) is 32.3. The highest BCUT2D eigenvalue weighted by atomic mass is 33.1. The SMILES string of the molecule is O=C(CCOCCOCCOCCOCCNc1ccc([N+](=O)[O-])cc1)NC(CSSCC(NC(=O)CCOCCOCCOCCOCCNc1ccc([N+](=O)[O-])cc1[N+](=O)[O-])C(=O)O)C(=O)O. The number of nitro benzene ring substituents is 3. The Labute approximate surface area is 404 Å². The van der Waals surface area contributed by atoms with Crippen LogP contribution in [0.4, 0.5) is 28.4 Å². The van der Waals surface area contributed by atoms with Gasteiger partial charge in [0.05, 0.1) is 127 Å². The second-order valence-corrected chi connectivity index (χ2v) is 16.3. The van der Waals surface area contributed by atoms with Gasteiger partial charge in [0, 0.05) is 61.3 Å². The summed E-state index contributed by atoms with van der Waals surface area (Å²) in [4.78, 5) is 78.9. The number of hydrogen-bond acceptors (Lipinski definition) is 22. The van der Waals surface area contributed by atoms with Crippen LogP contribution in [-0.4, -0.2) is 191 Å². The molecule has 0 saturated heterocycles. The molecule has 2 rings (SSSR count). The van der Waals surface area contributed by atoms with Gasteiger partial charge in [-0.2, -0.15) is 0 Å². The van der Waals surface area contributed by atoms with Crippen LogP contribution < -0.4 is 21.3 Å². The number of amides is 2. The highest BCUT2D eigenvalue weighted by Gasteiger charge is 2.23. The van der Waals surface area contributed by atoms with Crippen LogP contribution in [0, 0.1) is 30.3 Å². The minimum atomic E-state index is -1.28. The fourth-order valence-corrected chi connectivity index (χ4v) is 7.44. The van der Waals surface area contributed by atoms with Gasteiger partial charge in [0.1, 0.15) is 17.8 Å². The summed E-state index contributed by atoms with van der Waals surface area (Å²) in [6.07, 6.45) is -0.207. The first-order valence-electron chi connectivity index (χ1n) is 21.3. The first-order valence-corrected chi connectivity index (χ1v) is 23.8. The van der Waals surface area contributed by atoms with Gasteiger partial charge in [-0.1, -0.05) is 21.6 Å². The highest BCUT2D eigenvalue weighted by Crippen LogP contribution is 2.29. The first kappa shape index (κ1) is 59.6. The number of carbonyl (C=O) groups excluding carboxylic acids is 2. The van der Waals surface area contributed by atoms with Gasteiger partial charge in [0.2, 0.25) is 11.8 Å². The van der Waals surface area contributed by atoms with Crippen LogP contribution in [0.2, 0.25) is 0 Å². The second kappa shape index (κ2) is 37.4. The molecular formula is C40H59N7O20S2. The zero-order valence-electron chi connectivity index (χ0n) is 37.7. The average Bonchev–Trinajstić information content (AvgIpc) is 3.31. The Bertz CT molecular complexity index is 1860. The molecular weight excluding hydrogens is 963 g/mol. The lowest BCUT2D eigenvalue weighted by Gasteiger charge is -2.16. The lowest BCUT2D eigenvalue weighted by Crippen LogP contribution is -2.43. The van der Waals surface area contributed by atoms with Crippen molar-refractivity contribution in [3.05, 3.63) is 72.8 Å². The number of benzene rings is 2. The summed E-state index contributed by atoms with van der Waals surface area (Å²) in [5.41, 5.74) is 0.0929. The predicted molar refractivity (Wildman–Crippen MR) is 250 cm³/mol. The van der Waals surface area contributed by atoms with Crippen molar-refractivity contribution in [1.29, 1.82) is 0 Å². The number of aliphatic carboxylic acids is 2. The van der Waals surface area contributed by atoms with E-state index in [0.717, 1.165) is 39.4 Å². The van der Waals surface area contributed by atoms with E-state index in [9.17, 15) is 59.7 Å². The van der Waals surface area contributed by atoms with E-state index in [-0.39, 0.29) is 121 Å². The van der Waals surface area contributed by atoms with E-state index in [1.165, 1.54) is 18.2 Å². The Hall–Kier alpha value is -5.50. The van der Waals surface area contributed by atoms with Crippen LogP contribution in [0.25, 0.3) is 0 Å². The van der Waals surface area contributed by atoms with Gasteiger partial charge in [-0.15, -0.1) is 0 Å². The van der Waals surface area contributed by atoms with E-state index >= 15 is 0 Å². The Morgan fingerprint density at radius 3 is 1.23 bits per heavy atom. The Balaban J connectivity index is 1.40. The summed E-state index contributed by atoms with van der Waals surface area (Å²) in [5, 5.41) is 62.5. The van der Waals surface area contributed by atoms with Gasteiger partial charge in [-0.25, -0.2) is 9.59 Å². The van der Waals surface area contributed by atoms with Crippen LogP contribution in [-0.2, 0) is 57.1 Å². The fourth-order valence-electron chi connectivity index (χ4n) is 5.13. The summed E-state index contributed by atoms with van der Waals surface area (Å²) >= 11 is 0. The number of carbonyl (C=O) groups is 4. The third-order valence-corrected chi connectivity index (χ3v) is 11.0. The van der Waals surface area contributed by atoms with Crippen molar-refractivity contribution in [2.24, 2.45) is 0 Å². The predicted octanol–water partition coefficient (Wildman–Crippen LogP) is 2.37. The summed E-state index contributed by atoms with van der Waals surface area (Å²) in [6.45, 7) is 4.65. The molecule has 2 unspecified atom stereocenters. The van der Waals surface area contributed by atoms with Crippen LogP contribution >= 0.6 is 21.6 Å². The molecule has 2 atom stereocenters. The third-order valence-electron chi connectivity index (χ3n) is 8.60. The number of carboxylic acids is 2. The Morgan fingerprint density at radius 2 is 0.855 bits per heavy atom. The van der Waals surface area contributed by atoms with Crippen molar-refractivity contribution in [2.45, 2.75) is 24.9 Å². The normalized spacial score (nSPS) is 11.9. The van der Waals surface area contributed by atoms with E-state index in [1.807, 2.05) is 0 Å². The van der Waals surface area contributed by atoms with Crippen molar-refractivity contribution in [2.75, 3.05) is 141 Å². The van der Waals surface area contributed by atoms with Gasteiger partial charge < -0.3 is 69.4 Å². The van der Waals surface area contributed by atoms with Gasteiger partial charge >= 0.3 is 11.9 Å². The molecule has 69 heavy (non-hydrogen) atoms. The molecule has 386 valence electrons. The quantitative estimate of drug-likeness (QED) is 0.0240. The molecule has 0 radical (unpaired) electrons. The number of nitro groups is 3. The van der Waals surface area contributed by atoms with Crippen molar-refractivity contribution in [3.63, 3.8) is 0 Å². The van der Waals surface area contributed by atoms with Crippen molar-refractivity contribution < 1.29 is 82.1 Å². The second-order valence-electron chi connectivity index (χ2n) is 13.8. The topological polar surface area (TPSA) is 360 Å². The zero-order chi connectivity index (χ0) is 50.5. The minimum Gasteiger partial charge on any atom is -0.480 e. The van der Waals surface area contributed by atoms with Crippen molar-refractivity contribution in [3.8, 4) is 0 Å². The smallest absolute Gasteiger partial charge is 0.327 e. The standard InChI is InChI=1S/C40H59N7O20S2/c48-37(7-11-60-15-19-64-23-25-66-21-17-62-13-9-41-30-1-3-31(4-2-30)45(54)55)43-34(39(50)51)28-68-69-29-35(40(52)53)44-38(49)8-12-61-16-20-65-24-26-67-22-18-63-14-10-42-33-6-5-32(46(56)57)27-36(33)47(58)59/h1-6,27,34-35,41-42H,7-26,28-29H2,(H,43,48)(H,44,49)(H,50,51)(H,52,53). The Morgan fingerprint density at radius 1 is 0.493 bits per heavy atom. The molecule has 27 nitrogen and oxygen atoms in total. The number of nitrogens with one attached hydrogen (secondary N) is 4. The lowest BCUT2D eigenvalue weighted by atomic mass is 10.2. The van der Waals surface area contributed by atoms with E-state index in [0.29, 0.717) is 39.6 Å². The molecule has 2 aromatic rings. The molecule has 0 aliphatic rings. The fraction of sp³-hybridized carbons (Fsp3) is 0.600. The molecule has 0 aliphatic heterocycles. The van der Waals surface area contributed by atoms with Gasteiger partial charge in [0.25, 0.3) is 17.1 Å². The molecule has 0 spiro atoms. The summed E-state index contributed by atoms with van der Waals surface area (Å²) in [5.74, 6) is -3.81. The van der Waals surface area contributed by atoms with Gasteiger partial charge in [-0.05, 0) is 18.2 Å². The lowest BCUT2D eigenvalue weighted by molar-refractivity contribution is -0.393. The van der Waals surface area contributed by atoms with E-state index in [2.05, 4.69) is 21.3 Å². The van der Waals surface area contributed by atoms with Gasteiger partial charge in [-0.3, -0.25) is 39.9 Å². The largest absolute Gasteiger partial charge is 0.480 e. The number of ether oxygens (including phenoxy) is 8. The number of non-ortho nitro benzene ring substituents is 2.